The van der Waals surface area contributed by atoms with E-state index in [9.17, 15) is 13.2 Å². The van der Waals surface area contributed by atoms with Crippen molar-refractivity contribution in [3.8, 4) is 0 Å². The van der Waals surface area contributed by atoms with Gasteiger partial charge in [0.1, 0.15) is 0 Å². The van der Waals surface area contributed by atoms with E-state index in [1.54, 1.807) is 6.07 Å². The molecular formula is C27H26F3N3. The van der Waals surface area contributed by atoms with Gasteiger partial charge in [-0.2, -0.15) is 13.2 Å². The molecule has 3 aromatic rings. The van der Waals surface area contributed by atoms with Crippen molar-refractivity contribution in [2.75, 3.05) is 12.4 Å². The van der Waals surface area contributed by atoms with Crippen LogP contribution in [-0.2, 0) is 12.7 Å². The number of benzene rings is 3. The minimum atomic E-state index is -4.40. The quantitative estimate of drug-likeness (QED) is 0.386. The van der Waals surface area contributed by atoms with Crippen LogP contribution in [0.15, 0.2) is 96.8 Å². The first-order chi connectivity index (χ1) is 15.9. The van der Waals surface area contributed by atoms with E-state index < -0.39 is 11.7 Å². The maximum absolute atomic E-state index is 13.4. The van der Waals surface area contributed by atoms with Gasteiger partial charge in [-0.1, -0.05) is 67.2 Å². The molecule has 4 rings (SSSR count). The Balaban J connectivity index is 1.60. The molecule has 0 spiro atoms. The molecule has 3 nitrogen and oxygen atoms in total. The first-order valence-electron chi connectivity index (χ1n) is 10.8. The molecule has 0 radical (unpaired) electrons. The highest BCUT2D eigenvalue weighted by molar-refractivity contribution is 5.75. The first-order valence-corrected chi connectivity index (χ1v) is 10.8. The van der Waals surface area contributed by atoms with Crippen LogP contribution in [0.1, 0.15) is 34.7 Å². The second-order valence-corrected chi connectivity index (χ2v) is 7.98. The number of rotatable bonds is 7. The molecule has 3 N–H and O–H groups in total. The minimum Gasteiger partial charge on any atom is -0.388 e. The smallest absolute Gasteiger partial charge is 0.388 e. The normalized spacial score (nSPS) is 15.8. The van der Waals surface area contributed by atoms with E-state index in [1.165, 1.54) is 12.1 Å². The highest BCUT2D eigenvalue weighted by Crippen LogP contribution is 2.38. The number of nitrogens with one attached hydrogen (secondary N) is 3. The summed E-state index contributed by atoms with van der Waals surface area (Å²) >= 11 is 0. The Kier molecular flexibility index (Phi) is 6.45. The number of hydrogen-bond donors (Lipinski definition) is 3. The number of anilines is 1. The summed E-state index contributed by atoms with van der Waals surface area (Å²) in [5, 5.41) is 9.78. The molecule has 1 heterocycles. The molecule has 0 bridgehead atoms. The molecule has 0 saturated carbocycles. The molecule has 170 valence electrons. The summed E-state index contributed by atoms with van der Waals surface area (Å²) in [4.78, 5) is 0. The maximum atomic E-state index is 13.4. The predicted molar refractivity (Wildman–Crippen MR) is 127 cm³/mol. The van der Waals surface area contributed by atoms with Crippen LogP contribution in [0.25, 0.3) is 5.57 Å². The van der Waals surface area contributed by atoms with Gasteiger partial charge in [-0.05, 0) is 46.9 Å². The summed E-state index contributed by atoms with van der Waals surface area (Å²) in [6, 6.07) is 23.9. The lowest BCUT2D eigenvalue weighted by Crippen LogP contribution is -2.23. The highest BCUT2D eigenvalue weighted by atomic mass is 19.4. The van der Waals surface area contributed by atoms with E-state index in [-0.39, 0.29) is 18.2 Å². The summed E-state index contributed by atoms with van der Waals surface area (Å²) in [6.45, 7) is 4.19. The molecule has 0 aromatic heterocycles. The van der Waals surface area contributed by atoms with Crippen molar-refractivity contribution in [1.29, 1.82) is 0 Å². The van der Waals surface area contributed by atoms with Crippen LogP contribution in [0.2, 0.25) is 0 Å². The predicted octanol–water partition coefficient (Wildman–Crippen LogP) is 6.50. The third-order valence-electron chi connectivity index (χ3n) is 5.87. The van der Waals surface area contributed by atoms with Gasteiger partial charge in [-0.3, -0.25) is 0 Å². The van der Waals surface area contributed by atoms with Gasteiger partial charge in [0.2, 0.25) is 0 Å². The lowest BCUT2D eigenvalue weighted by atomic mass is 9.97. The molecule has 1 atom stereocenters. The Morgan fingerprint density at radius 3 is 2.30 bits per heavy atom. The SMILES string of the molecule is C=C(NCc1ccccc1C(F)(F)F)C1=C(c2ccc(NC)cc2)CC(c2ccccc2)N1. The molecule has 0 aliphatic carbocycles. The fourth-order valence-electron chi connectivity index (χ4n) is 4.12. The first kappa shape index (κ1) is 22.5. The fraction of sp³-hybridized carbons (Fsp3) is 0.185. The zero-order valence-corrected chi connectivity index (χ0v) is 18.3. The van der Waals surface area contributed by atoms with Crippen molar-refractivity contribution in [3.63, 3.8) is 0 Å². The molecule has 1 unspecified atom stereocenters. The van der Waals surface area contributed by atoms with Crippen LogP contribution in [-0.4, -0.2) is 7.05 Å². The van der Waals surface area contributed by atoms with E-state index in [2.05, 4.69) is 34.7 Å². The molecule has 33 heavy (non-hydrogen) atoms. The number of hydrogen-bond acceptors (Lipinski definition) is 3. The number of halogens is 3. The summed E-state index contributed by atoms with van der Waals surface area (Å²) in [5.74, 6) is 0. The topological polar surface area (TPSA) is 36.1 Å². The van der Waals surface area contributed by atoms with Crippen molar-refractivity contribution in [1.82, 2.24) is 10.6 Å². The Morgan fingerprint density at radius 2 is 1.64 bits per heavy atom. The van der Waals surface area contributed by atoms with Crippen molar-refractivity contribution in [2.45, 2.75) is 25.2 Å². The second kappa shape index (κ2) is 9.45. The van der Waals surface area contributed by atoms with E-state index in [0.29, 0.717) is 5.70 Å². The van der Waals surface area contributed by atoms with Gasteiger partial charge in [-0.15, -0.1) is 0 Å². The lowest BCUT2D eigenvalue weighted by Gasteiger charge is -2.18. The minimum absolute atomic E-state index is 0.0294. The number of alkyl halides is 3. The summed E-state index contributed by atoms with van der Waals surface area (Å²) in [6.07, 6.45) is -3.65. The van der Waals surface area contributed by atoms with E-state index >= 15 is 0 Å². The van der Waals surface area contributed by atoms with Gasteiger partial charge in [0.05, 0.1) is 23.0 Å². The van der Waals surface area contributed by atoms with Crippen LogP contribution in [0.5, 0.6) is 0 Å². The Labute approximate surface area is 192 Å². The van der Waals surface area contributed by atoms with Gasteiger partial charge in [-0.25, -0.2) is 0 Å². The van der Waals surface area contributed by atoms with E-state index in [0.717, 1.165) is 40.6 Å². The second-order valence-electron chi connectivity index (χ2n) is 7.98. The third kappa shape index (κ3) is 5.06. The Bertz CT molecular complexity index is 1150. The van der Waals surface area contributed by atoms with E-state index in [1.807, 2.05) is 49.5 Å². The summed E-state index contributed by atoms with van der Waals surface area (Å²) in [7, 11) is 1.87. The maximum Gasteiger partial charge on any atom is 0.416 e. The van der Waals surface area contributed by atoms with Crippen molar-refractivity contribution in [3.05, 3.63) is 119 Å². The van der Waals surface area contributed by atoms with Gasteiger partial charge >= 0.3 is 6.18 Å². The highest BCUT2D eigenvalue weighted by Gasteiger charge is 2.33. The molecule has 0 saturated heterocycles. The molecule has 3 aromatic carbocycles. The van der Waals surface area contributed by atoms with Crippen molar-refractivity contribution < 1.29 is 13.2 Å². The molecule has 6 heteroatoms. The average Bonchev–Trinajstić information content (AvgIpc) is 3.28. The van der Waals surface area contributed by atoms with E-state index in [4.69, 9.17) is 0 Å². The zero-order valence-electron chi connectivity index (χ0n) is 18.3. The lowest BCUT2D eigenvalue weighted by molar-refractivity contribution is -0.138. The zero-order chi connectivity index (χ0) is 23.4. The molecule has 0 amide bonds. The van der Waals surface area contributed by atoms with Crippen LogP contribution in [0, 0.1) is 0 Å². The van der Waals surface area contributed by atoms with Crippen LogP contribution in [0.3, 0.4) is 0 Å². The monoisotopic (exact) mass is 449 g/mol. The van der Waals surface area contributed by atoms with Crippen molar-refractivity contribution in [2.24, 2.45) is 0 Å². The molecular weight excluding hydrogens is 423 g/mol. The van der Waals surface area contributed by atoms with Gasteiger partial charge < -0.3 is 16.0 Å². The Hall–Kier alpha value is -3.67. The molecule has 1 aliphatic rings. The third-order valence-corrected chi connectivity index (χ3v) is 5.87. The van der Waals surface area contributed by atoms with Crippen LogP contribution >= 0.6 is 0 Å². The van der Waals surface area contributed by atoms with Crippen molar-refractivity contribution >= 4 is 11.3 Å². The van der Waals surface area contributed by atoms with Crippen LogP contribution in [0.4, 0.5) is 18.9 Å². The van der Waals surface area contributed by atoms with Gasteiger partial charge in [0.25, 0.3) is 0 Å². The summed E-state index contributed by atoms with van der Waals surface area (Å²) in [5.41, 5.74) is 5.22. The average molecular weight is 450 g/mol. The summed E-state index contributed by atoms with van der Waals surface area (Å²) < 4.78 is 40.1. The molecule has 1 aliphatic heterocycles. The fourth-order valence-corrected chi connectivity index (χ4v) is 4.12. The molecule has 0 fully saturated rings. The van der Waals surface area contributed by atoms with Gasteiger partial charge in [0, 0.05) is 19.3 Å². The Morgan fingerprint density at radius 1 is 0.970 bits per heavy atom. The van der Waals surface area contributed by atoms with Crippen LogP contribution < -0.4 is 16.0 Å². The largest absolute Gasteiger partial charge is 0.416 e. The standard InChI is InChI=1S/C27H26F3N3/c1-18(32-17-21-10-6-7-11-24(21)27(28,29)30)26-23(19-12-14-22(31-2)15-13-19)16-25(33-26)20-8-4-3-5-9-20/h3-15,25,31-33H,1,16-17H2,2H3. The van der Waals surface area contributed by atoms with Gasteiger partial charge in [0.15, 0.2) is 0 Å².